The summed E-state index contributed by atoms with van der Waals surface area (Å²) < 4.78 is 4.03. The van der Waals surface area contributed by atoms with E-state index in [9.17, 15) is 0 Å². The van der Waals surface area contributed by atoms with Crippen molar-refractivity contribution in [1.29, 1.82) is 0 Å². The summed E-state index contributed by atoms with van der Waals surface area (Å²) >= 11 is -2.75. The number of allylic oxidation sites excluding steroid dienone is 8. The average molecular weight is 803 g/mol. The molecule has 3 heteroatoms. The van der Waals surface area contributed by atoms with Gasteiger partial charge in [0.2, 0.25) is 0 Å². The van der Waals surface area contributed by atoms with E-state index in [4.69, 9.17) is 0 Å². The van der Waals surface area contributed by atoms with E-state index in [1.54, 1.807) is 25.5 Å². The number of rotatable bonds is 6. The molecule has 0 aliphatic heterocycles. The quantitative estimate of drug-likeness (QED) is 0.204. The van der Waals surface area contributed by atoms with E-state index in [1.165, 1.54) is 50.1 Å². The van der Waals surface area contributed by atoms with Crippen molar-refractivity contribution in [3.05, 3.63) is 163 Å². The molecule has 4 aromatic rings. The molecule has 266 valence electrons. The zero-order valence-electron chi connectivity index (χ0n) is 32.1. The van der Waals surface area contributed by atoms with Crippen molar-refractivity contribution < 1.29 is 46.1 Å². The van der Waals surface area contributed by atoms with Crippen LogP contribution >= 0.6 is 0 Å². The van der Waals surface area contributed by atoms with Crippen LogP contribution in [0.5, 0.6) is 0 Å². The second kappa shape index (κ2) is 14.8. The number of hydrogen-bond acceptors (Lipinski definition) is 0. The van der Waals surface area contributed by atoms with Crippen LogP contribution in [0.3, 0.4) is 0 Å². The Balaban J connectivity index is 0.00000232. The predicted octanol–water partition coefficient (Wildman–Crippen LogP) is 6.69. The van der Waals surface area contributed by atoms with Gasteiger partial charge in [0, 0.05) is 0 Å². The normalized spacial score (nSPS) is 18.8. The van der Waals surface area contributed by atoms with Gasteiger partial charge in [0.05, 0.1) is 0 Å². The van der Waals surface area contributed by atoms with E-state index in [-0.39, 0.29) is 35.6 Å². The minimum Gasteiger partial charge on any atom is -1.00 e. The molecule has 1 atom stereocenters. The molecule has 0 fully saturated rings. The van der Waals surface area contributed by atoms with Crippen molar-refractivity contribution in [1.82, 2.24) is 0 Å². The molecule has 0 amide bonds. The molecule has 0 bridgehead atoms. The van der Waals surface area contributed by atoms with Gasteiger partial charge in [-0.1, -0.05) is 0 Å². The van der Waals surface area contributed by atoms with E-state index in [1.807, 2.05) is 3.21 Å². The maximum Gasteiger partial charge on any atom is -1.00 e. The van der Waals surface area contributed by atoms with Crippen LogP contribution in [0, 0.1) is 5.92 Å². The summed E-state index contributed by atoms with van der Waals surface area (Å²) in [4.78, 5) is 0. The SMILES string of the molecule is CC1=CC(C)[C]([Zr+2](=[C](Cc2ccccc2)Cc2ccccc2)[CH]2c3cc4c(cc3-c3cc5c(cc32)C(C)(C)CC=C5C)C(C)=CCC4(C)C)=C1.[Cl-].[Cl-]. The zero-order chi connectivity index (χ0) is 34.9. The summed E-state index contributed by atoms with van der Waals surface area (Å²) in [5.41, 5.74) is 19.7. The molecule has 0 N–H and O–H groups in total. The molecule has 4 aliphatic carbocycles. The van der Waals surface area contributed by atoms with Gasteiger partial charge in [0.25, 0.3) is 0 Å². The first-order valence-corrected chi connectivity index (χ1v) is 22.7. The van der Waals surface area contributed by atoms with Gasteiger partial charge in [-0.05, 0) is 0 Å². The van der Waals surface area contributed by atoms with Crippen LogP contribution in [0.25, 0.3) is 22.3 Å². The fourth-order valence-corrected chi connectivity index (χ4v) is 19.3. The molecule has 52 heavy (non-hydrogen) atoms. The number of hydrogen-bond donors (Lipinski definition) is 0. The summed E-state index contributed by atoms with van der Waals surface area (Å²) in [5.74, 6) is 0.483. The topological polar surface area (TPSA) is 0 Å². The summed E-state index contributed by atoms with van der Waals surface area (Å²) in [6, 6.07) is 33.4. The summed E-state index contributed by atoms with van der Waals surface area (Å²) in [6.45, 7) is 19.3. The first-order chi connectivity index (χ1) is 23.9. The van der Waals surface area contributed by atoms with Crippen molar-refractivity contribution in [3.63, 3.8) is 0 Å². The van der Waals surface area contributed by atoms with Crippen molar-refractivity contribution >= 4 is 14.4 Å². The Morgan fingerprint density at radius 2 is 1.08 bits per heavy atom. The Kier molecular flexibility index (Phi) is 11.0. The minimum atomic E-state index is -2.75. The second-order valence-corrected chi connectivity index (χ2v) is 23.6. The van der Waals surface area contributed by atoms with Gasteiger partial charge >= 0.3 is 311 Å². The van der Waals surface area contributed by atoms with Crippen LogP contribution < -0.4 is 24.8 Å². The van der Waals surface area contributed by atoms with Crippen LogP contribution in [0.15, 0.2) is 118 Å². The molecule has 0 heterocycles. The fourth-order valence-electron chi connectivity index (χ4n) is 9.43. The second-order valence-electron chi connectivity index (χ2n) is 17.0. The summed E-state index contributed by atoms with van der Waals surface area (Å²) in [5, 5.41) is 0. The Hall–Kier alpha value is -2.83. The third kappa shape index (κ3) is 6.85. The Labute approximate surface area is 333 Å². The van der Waals surface area contributed by atoms with Crippen molar-refractivity contribution in [2.24, 2.45) is 5.92 Å². The molecular weight excluding hydrogens is 751 g/mol. The first-order valence-electron chi connectivity index (χ1n) is 18.8. The molecule has 8 rings (SSSR count). The number of benzene rings is 4. The van der Waals surface area contributed by atoms with Crippen molar-refractivity contribution in [3.8, 4) is 11.1 Å². The predicted molar refractivity (Wildman–Crippen MR) is 213 cm³/mol. The van der Waals surface area contributed by atoms with Crippen LogP contribution in [0.4, 0.5) is 0 Å². The van der Waals surface area contributed by atoms with Crippen LogP contribution in [0.2, 0.25) is 0 Å². The minimum absolute atomic E-state index is 0. The maximum absolute atomic E-state index is 2.75. The molecule has 1 unspecified atom stereocenters. The van der Waals surface area contributed by atoms with Gasteiger partial charge in [-0.2, -0.15) is 0 Å². The van der Waals surface area contributed by atoms with E-state index in [0.717, 1.165) is 25.7 Å². The van der Waals surface area contributed by atoms with Gasteiger partial charge < -0.3 is 24.8 Å². The van der Waals surface area contributed by atoms with E-state index in [2.05, 4.69) is 165 Å². The number of halogens is 2. The fraction of sp³-hybridized carbons (Fsp3) is 0.327. The van der Waals surface area contributed by atoms with Gasteiger partial charge in [0.15, 0.2) is 0 Å². The molecule has 0 nitrogen and oxygen atoms in total. The first kappa shape index (κ1) is 38.9. The van der Waals surface area contributed by atoms with Gasteiger partial charge in [-0.25, -0.2) is 0 Å². The zero-order valence-corrected chi connectivity index (χ0v) is 36.1. The van der Waals surface area contributed by atoms with Gasteiger partial charge in [0.1, 0.15) is 0 Å². The molecule has 0 radical (unpaired) electrons. The monoisotopic (exact) mass is 800 g/mol. The van der Waals surface area contributed by atoms with Crippen LogP contribution in [-0.2, 0) is 44.9 Å². The largest absolute Gasteiger partial charge is 1.00 e. The van der Waals surface area contributed by atoms with Gasteiger partial charge in [-0.3, -0.25) is 0 Å². The molecular formula is C49H52Cl2Zr. The number of fused-ring (bicyclic) bond motifs is 5. The molecule has 4 aliphatic rings. The molecule has 0 saturated heterocycles. The van der Waals surface area contributed by atoms with Crippen LogP contribution in [0.1, 0.15) is 116 Å². The van der Waals surface area contributed by atoms with Crippen molar-refractivity contribution in [2.75, 3.05) is 0 Å². The summed E-state index contributed by atoms with van der Waals surface area (Å²) in [6.07, 6.45) is 14.5. The van der Waals surface area contributed by atoms with Gasteiger partial charge in [-0.15, -0.1) is 0 Å². The van der Waals surface area contributed by atoms with E-state index < -0.39 is 21.3 Å². The maximum atomic E-state index is 2.72. The third-order valence-electron chi connectivity index (χ3n) is 12.3. The van der Waals surface area contributed by atoms with Crippen LogP contribution in [-0.4, -0.2) is 3.21 Å². The Bertz CT molecular complexity index is 2060. The Morgan fingerprint density at radius 1 is 0.635 bits per heavy atom. The molecule has 0 aromatic heterocycles. The molecule has 4 aromatic carbocycles. The van der Waals surface area contributed by atoms with E-state index in [0.29, 0.717) is 9.54 Å². The van der Waals surface area contributed by atoms with Crippen molar-refractivity contribution in [2.45, 2.75) is 95.5 Å². The smallest absolute Gasteiger partial charge is 1.00 e. The van der Waals surface area contributed by atoms with E-state index >= 15 is 0 Å². The summed E-state index contributed by atoms with van der Waals surface area (Å²) in [7, 11) is 0. The third-order valence-corrected chi connectivity index (χ3v) is 21.0. The molecule has 0 saturated carbocycles. The molecule has 0 spiro atoms. The average Bonchev–Trinajstić information content (AvgIpc) is 3.59. The Morgan fingerprint density at radius 3 is 1.48 bits per heavy atom. The standard InChI is InChI=1S/C27H29.C15H14.C7H9.2ClH.Zr/c1-16-7-9-26(3,4)24-12-18-11-19-13-25-21(17(2)8-10-27(25,5)6)15-23(19)22(18)14-20(16)24;1-3-8-14(9-4-1)12-7-13-15-10-5-2-6-11-15;1-6-3-4-7(2)5-6;;;/h7-8,11-15H,9-10H2,1-6H3;1-6,8-11H,12-13H2;3,5,7H,1-2H3;2*1H;/q;;;;;+2/p-2.